The van der Waals surface area contributed by atoms with E-state index in [0.717, 1.165) is 6.07 Å². The number of hydrogen-bond acceptors (Lipinski definition) is 2. The molecule has 0 saturated carbocycles. The molecule has 0 bridgehead atoms. The van der Waals surface area contributed by atoms with Gasteiger partial charge in [0.2, 0.25) is 0 Å². The topological polar surface area (TPSA) is 41.6 Å². The third-order valence-electron chi connectivity index (χ3n) is 2.29. The van der Waals surface area contributed by atoms with E-state index in [-0.39, 0.29) is 5.69 Å². The third kappa shape index (κ3) is 2.27. The zero-order chi connectivity index (χ0) is 14.2. The Balaban J connectivity index is 2.72. The molecule has 19 heavy (non-hydrogen) atoms. The van der Waals surface area contributed by atoms with Crippen molar-refractivity contribution in [1.82, 2.24) is 9.78 Å². The Bertz CT molecular complexity index is 670. The predicted octanol–water partition coefficient (Wildman–Crippen LogP) is 3.56. The van der Waals surface area contributed by atoms with Gasteiger partial charge in [0.15, 0.2) is 10.8 Å². The van der Waals surface area contributed by atoms with Crippen LogP contribution < -0.4 is 0 Å². The second-order valence-corrected chi connectivity index (χ2v) is 3.85. The van der Waals surface area contributed by atoms with Crippen molar-refractivity contribution < 1.29 is 17.6 Å². The minimum atomic E-state index is -4.84. The van der Waals surface area contributed by atoms with Gasteiger partial charge in [-0.3, -0.25) is 0 Å². The fourth-order valence-corrected chi connectivity index (χ4v) is 1.74. The molecule has 0 fully saturated rings. The molecule has 0 radical (unpaired) electrons. The number of hydrogen-bond donors (Lipinski definition) is 0. The summed E-state index contributed by atoms with van der Waals surface area (Å²) < 4.78 is 52.1. The maximum Gasteiger partial charge on any atom is 0.436 e. The van der Waals surface area contributed by atoms with Crippen LogP contribution in [0.25, 0.3) is 5.69 Å². The quantitative estimate of drug-likeness (QED) is 0.753. The van der Waals surface area contributed by atoms with E-state index in [4.69, 9.17) is 16.9 Å². The molecule has 0 atom stereocenters. The number of aromatic nitrogens is 2. The summed E-state index contributed by atoms with van der Waals surface area (Å²) in [6.07, 6.45) is -4.84. The Morgan fingerprint density at radius 1 is 1.26 bits per heavy atom. The van der Waals surface area contributed by atoms with Crippen molar-refractivity contribution in [2.45, 2.75) is 6.18 Å². The van der Waals surface area contributed by atoms with Crippen molar-refractivity contribution in [3.05, 3.63) is 46.5 Å². The van der Waals surface area contributed by atoms with E-state index < -0.39 is 28.4 Å². The molecule has 1 aromatic heterocycles. The highest BCUT2D eigenvalue weighted by molar-refractivity contribution is 6.31. The van der Waals surface area contributed by atoms with Gasteiger partial charge in [0, 0.05) is 0 Å². The van der Waals surface area contributed by atoms with E-state index in [9.17, 15) is 17.6 Å². The van der Waals surface area contributed by atoms with Crippen molar-refractivity contribution in [3.63, 3.8) is 0 Å². The Morgan fingerprint density at radius 2 is 1.89 bits per heavy atom. The molecule has 2 aromatic rings. The molecule has 98 valence electrons. The number of halogens is 5. The van der Waals surface area contributed by atoms with E-state index in [0.29, 0.717) is 4.68 Å². The van der Waals surface area contributed by atoms with Gasteiger partial charge in [-0.1, -0.05) is 23.7 Å². The van der Waals surface area contributed by atoms with Crippen LogP contribution >= 0.6 is 11.6 Å². The lowest BCUT2D eigenvalue weighted by Gasteiger charge is -2.04. The highest BCUT2D eigenvalue weighted by Gasteiger charge is 2.39. The summed E-state index contributed by atoms with van der Waals surface area (Å²) >= 11 is 5.65. The minimum absolute atomic E-state index is 0.264. The molecular formula is C11H4ClF4N3. The first kappa shape index (κ1) is 13.4. The maximum absolute atomic E-state index is 13.5. The van der Waals surface area contributed by atoms with Crippen LogP contribution in [0, 0.1) is 17.1 Å². The molecule has 0 amide bonds. The largest absolute Gasteiger partial charge is 0.436 e. The van der Waals surface area contributed by atoms with Crippen LogP contribution in [0.3, 0.4) is 0 Å². The number of nitriles is 1. The molecule has 0 aliphatic rings. The zero-order valence-corrected chi connectivity index (χ0v) is 9.80. The molecule has 1 aromatic carbocycles. The van der Waals surface area contributed by atoms with Gasteiger partial charge in [0.05, 0.1) is 0 Å². The van der Waals surface area contributed by atoms with E-state index in [1.54, 1.807) is 0 Å². The first-order valence-electron chi connectivity index (χ1n) is 4.87. The average molecular weight is 290 g/mol. The first-order chi connectivity index (χ1) is 8.86. The fraction of sp³-hybridized carbons (Fsp3) is 0.0909. The summed E-state index contributed by atoms with van der Waals surface area (Å²) in [5.74, 6) is -0.801. The lowest BCUT2D eigenvalue weighted by Crippen LogP contribution is -2.09. The molecule has 0 saturated heterocycles. The second kappa shape index (κ2) is 4.55. The summed E-state index contributed by atoms with van der Waals surface area (Å²) in [7, 11) is 0. The SMILES string of the molecule is N#Cc1c(C(F)(F)F)nn(-c2ccccc2F)c1Cl. The van der Waals surface area contributed by atoms with Crippen LogP contribution in [0.4, 0.5) is 17.6 Å². The van der Waals surface area contributed by atoms with Crippen LogP contribution in [-0.2, 0) is 6.18 Å². The Morgan fingerprint density at radius 3 is 2.37 bits per heavy atom. The van der Waals surface area contributed by atoms with Crippen LogP contribution in [-0.4, -0.2) is 9.78 Å². The minimum Gasteiger partial charge on any atom is -0.217 e. The maximum atomic E-state index is 13.5. The third-order valence-corrected chi connectivity index (χ3v) is 2.64. The highest BCUT2D eigenvalue weighted by atomic mass is 35.5. The first-order valence-corrected chi connectivity index (χ1v) is 5.24. The van der Waals surface area contributed by atoms with Crippen LogP contribution in [0.15, 0.2) is 24.3 Å². The van der Waals surface area contributed by atoms with Gasteiger partial charge in [-0.2, -0.15) is 23.5 Å². The van der Waals surface area contributed by atoms with Crippen molar-refractivity contribution in [2.24, 2.45) is 0 Å². The van der Waals surface area contributed by atoms with Gasteiger partial charge in [-0.05, 0) is 12.1 Å². The Kier molecular flexibility index (Phi) is 3.20. The molecule has 0 N–H and O–H groups in total. The van der Waals surface area contributed by atoms with Crippen LogP contribution in [0.2, 0.25) is 5.15 Å². The van der Waals surface area contributed by atoms with Gasteiger partial charge >= 0.3 is 6.18 Å². The number of rotatable bonds is 1. The van der Waals surface area contributed by atoms with Crippen LogP contribution in [0.5, 0.6) is 0 Å². The van der Waals surface area contributed by atoms with Crippen molar-refractivity contribution in [3.8, 4) is 11.8 Å². The summed E-state index contributed by atoms with van der Waals surface area (Å²) in [6.45, 7) is 0. The number of alkyl halides is 3. The molecule has 0 aliphatic heterocycles. The molecule has 1 heterocycles. The zero-order valence-electron chi connectivity index (χ0n) is 9.04. The average Bonchev–Trinajstić information content (AvgIpc) is 2.67. The van der Waals surface area contributed by atoms with Gasteiger partial charge in [0.1, 0.15) is 23.1 Å². The summed E-state index contributed by atoms with van der Waals surface area (Å²) in [4.78, 5) is 0. The highest BCUT2D eigenvalue weighted by Crippen LogP contribution is 2.35. The smallest absolute Gasteiger partial charge is 0.217 e. The summed E-state index contributed by atoms with van der Waals surface area (Å²) in [6, 6.07) is 6.35. The molecule has 3 nitrogen and oxygen atoms in total. The van der Waals surface area contributed by atoms with Gasteiger partial charge in [0.25, 0.3) is 0 Å². The molecule has 0 aliphatic carbocycles. The van der Waals surface area contributed by atoms with E-state index in [1.165, 1.54) is 24.3 Å². The molecular weight excluding hydrogens is 286 g/mol. The number of benzene rings is 1. The standard InChI is InChI=1S/C11H4ClF4N3/c12-10-6(5-17)9(11(14,15)16)18-19(10)8-4-2-1-3-7(8)13/h1-4H. The van der Waals surface area contributed by atoms with Crippen molar-refractivity contribution in [1.29, 1.82) is 5.26 Å². The second-order valence-electron chi connectivity index (χ2n) is 3.49. The number of para-hydroxylation sites is 1. The molecule has 8 heteroatoms. The fourth-order valence-electron chi connectivity index (χ4n) is 1.48. The Hall–Kier alpha value is -2.07. The molecule has 0 unspecified atom stereocenters. The Labute approximate surface area is 109 Å². The lowest BCUT2D eigenvalue weighted by atomic mass is 10.2. The van der Waals surface area contributed by atoms with Crippen LogP contribution in [0.1, 0.15) is 11.3 Å². The van der Waals surface area contributed by atoms with Gasteiger partial charge < -0.3 is 0 Å². The normalized spacial score (nSPS) is 11.4. The van der Waals surface area contributed by atoms with Gasteiger partial charge in [-0.15, -0.1) is 0 Å². The van der Waals surface area contributed by atoms with E-state index in [2.05, 4.69) is 5.10 Å². The lowest BCUT2D eigenvalue weighted by molar-refractivity contribution is -0.141. The van der Waals surface area contributed by atoms with E-state index in [1.807, 2.05) is 0 Å². The van der Waals surface area contributed by atoms with E-state index >= 15 is 0 Å². The predicted molar refractivity (Wildman–Crippen MR) is 58.2 cm³/mol. The molecule has 2 rings (SSSR count). The van der Waals surface area contributed by atoms with Crippen molar-refractivity contribution in [2.75, 3.05) is 0 Å². The van der Waals surface area contributed by atoms with Gasteiger partial charge in [-0.25, -0.2) is 9.07 Å². The number of nitrogens with zero attached hydrogens (tertiary/aromatic N) is 3. The van der Waals surface area contributed by atoms with Crippen molar-refractivity contribution >= 4 is 11.6 Å². The monoisotopic (exact) mass is 289 g/mol. The molecule has 0 spiro atoms. The summed E-state index contributed by atoms with van der Waals surface area (Å²) in [5, 5.41) is 11.3. The summed E-state index contributed by atoms with van der Waals surface area (Å²) in [5.41, 5.74) is -2.54.